The van der Waals surface area contributed by atoms with Crippen LogP contribution in [0.1, 0.15) is 29.9 Å². The van der Waals surface area contributed by atoms with Crippen LogP contribution in [0.2, 0.25) is 0 Å². The van der Waals surface area contributed by atoms with Gasteiger partial charge in [0.25, 0.3) is 5.91 Å². The van der Waals surface area contributed by atoms with Gasteiger partial charge in [0.05, 0.1) is 4.88 Å². The number of hydrogen-bond donors (Lipinski definition) is 1. The number of carbonyl (C=O) groups is 1. The van der Waals surface area contributed by atoms with Crippen LogP contribution in [-0.2, 0) is 0 Å². The molecule has 0 radical (unpaired) electrons. The number of likely N-dealkylation sites (tertiary alicyclic amines) is 1. The Bertz CT molecular complexity index is 830. The van der Waals surface area contributed by atoms with Gasteiger partial charge in [-0.3, -0.25) is 4.79 Å². The van der Waals surface area contributed by atoms with Gasteiger partial charge in [-0.2, -0.15) is 0 Å². The first-order valence-electron chi connectivity index (χ1n) is 8.99. The minimum Gasteiger partial charge on any atom is -0.486 e. The molecule has 6 heteroatoms. The number of rotatable bonds is 2. The fourth-order valence-electron chi connectivity index (χ4n) is 3.51. The highest BCUT2D eigenvalue weighted by atomic mass is 32.1. The minimum atomic E-state index is -0.0518. The molecule has 5 nitrogen and oxygen atoms in total. The summed E-state index contributed by atoms with van der Waals surface area (Å²) in [6.07, 6.45) is 0.846. The molecule has 138 valence electrons. The first kappa shape index (κ1) is 17.4. The molecule has 1 amide bonds. The number of carbonyl (C=O) groups excluding carboxylic acids is 1. The summed E-state index contributed by atoms with van der Waals surface area (Å²) >= 11 is 1.52. The maximum absolute atomic E-state index is 12.9. The van der Waals surface area contributed by atoms with Crippen LogP contribution in [0.3, 0.4) is 0 Å². The molecule has 3 heterocycles. The molecule has 1 saturated heterocycles. The number of ether oxygens (including phenoxy) is 2. The third kappa shape index (κ3) is 3.19. The molecule has 1 fully saturated rings. The lowest BCUT2D eigenvalue weighted by molar-refractivity contribution is 0.0537. The van der Waals surface area contributed by atoms with E-state index >= 15 is 0 Å². The Morgan fingerprint density at radius 3 is 2.73 bits per heavy atom. The Kier molecular flexibility index (Phi) is 4.40. The average Bonchev–Trinajstić information content (AvgIpc) is 3.13. The van der Waals surface area contributed by atoms with Crippen molar-refractivity contribution >= 4 is 17.2 Å². The number of amides is 1. The highest BCUT2D eigenvalue weighted by Gasteiger charge is 2.35. The van der Waals surface area contributed by atoms with Crippen LogP contribution >= 0.6 is 11.3 Å². The molecule has 1 aromatic heterocycles. The molecule has 0 bridgehead atoms. The number of nitrogens with two attached hydrogens (primary N) is 1. The Balaban J connectivity index is 1.54. The van der Waals surface area contributed by atoms with Gasteiger partial charge in [-0.05, 0) is 47.7 Å². The molecule has 1 unspecified atom stereocenters. The molecule has 4 rings (SSSR count). The van der Waals surface area contributed by atoms with E-state index in [4.69, 9.17) is 15.2 Å². The zero-order chi connectivity index (χ0) is 18.3. The van der Waals surface area contributed by atoms with E-state index in [1.54, 1.807) is 0 Å². The largest absolute Gasteiger partial charge is 0.486 e. The fraction of sp³-hybridized carbons (Fsp3) is 0.450. The van der Waals surface area contributed by atoms with Crippen LogP contribution < -0.4 is 15.2 Å². The van der Waals surface area contributed by atoms with Crippen molar-refractivity contribution < 1.29 is 14.3 Å². The van der Waals surface area contributed by atoms with Crippen molar-refractivity contribution in [1.82, 2.24) is 4.90 Å². The Morgan fingerprint density at radius 1 is 1.19 bits per heavy atom. The fourth-order valence-corrected chi connectivity index (χ4v) is 4.48. The predicted molar refractivity (Wildman–Crippen MR) is 103 cm³/mol. The zero-order valence-electron chi connectivity index (χ0n) is 15.2. The van der Waals surface area contributed by atoms with Gasteiger partial charge in [0.2, 0.25) is 0 Å². The number of fused-ring (bicyclic) bond motifs is 1. The van der Waals surface area contributed by atoms with Crippen molar-refractivity contribution in [2.45, 2.75) is 26.3 Å². The molecule has 2 aliphatic heterocycles. The van der Waals surface area contributed by atoms with Gasteiger partial charge >= 0.3 is 0 Å². The van der Waals surface area contributed by atoms with Crippen molar-refractivity contribution in [3.8, 4) is 21.9 Å². The van der Waals surface area contributed by atoms with Gasteiger partial charge in [0, 0.05) is 24.0 Å². The molecule has 2 N–H and O–H groups in total. The van der Waals surface area contributed by atoms with Crippen molar-refractivity contribution in [3.05, 3.63) is 35.2 Å². The maximum Gasteiger partial charge on any atom is 0.263 e. The summed E-state index contributed by atoms with van der Waals surface area (Å²) in [5, 5.41) is 0. The first-order valence-corrected chi connectivity index (χ1v) is 9.80. The Hall–Kier alpha value is -2.05. The Morgan fingerprint density at radius 2 is 1.96 bits per heavy atom. The van der Waals surface area contributed by atoms with E-state index in [0.717, 1.165) is 39.8 Å². The summed E-state index contributed by atoms with van der Waals surface area (Å²) in [6, 6.07) is 9.99. The number of hydrogen-bond acceptors (Lipinski definition) is 5. The second kappa shape index (κ2) is 6.59. The first-order chi connectivity index (χ1) is 12.4. The van der Waals surface area contributed by atoms with Crippen LogP contribution in [0.4, 0.5) is 0 Å². The van der Waals surface area contributed by atoms with Crippen molar-refractivity contribution in [3.63, 3.8) is 0 Å². The lowest BCUT2D eigenvalue weighted by Crippen LogP contribution is -2.53. The highest BCUT2D eigenvalue weighted by molar-refractivity contribution is 7.17. The summed E-state index contributed by atoms with van der Waals surface area (Å²) in [7, 11) is 0. The monoisotopic (exact) mass is 372 g/mol. The van der Waals surface area contributed by atoms with Gasteiger partial charge < -0.3 is 20.1 Å². The normalized spacial score (nSPS) is 21.5. The summed E-state index contributed by atoms with van der Waals surface area (Å²) in [5.74, 6) is 1.64. The molecular formula is C20H24N2O3S. The molecular weight excluding hydrogens is 348 g/mol. The number of benzene rings is 1. The van der Waals surface area contributed by atoms with Crippen LogP contribution in [0.25, 0.3) is 10.4 Å². The molecule has 0 saturated carbocycles. The lowest BCUT2D eigenvalue weighted by Gasteiger charge is -2.42. The van der Waals surface area contributed by atoms with Crippen LogP contribution in [0.15, 0.2) is 30.3 Å². The van der Waals surface area contributed by atoms with E-state index in [1.165, 1.54) is 11.3 Å². The van der Waals surface area contributed by atoms with Crippen LogP contribution in [-0.4, -0.2) is 43.2 Å². The third-order valence-electron chi connectivity index (χ3n) is 5.24. The topological polar surface area (TPSA) is 64.8 Å². The van der Waals surface area contributed by atoms with Crippen molar-refractivity contribution in [1.29, 1.82) is 0 Å². The van der Waals surface area contributed by atoms with E-state index in [2.05, 4.69) is 13.8 Å². The van der Waals surface area contributed by atoms with E-state index in [9.17, 15) is 4.79 Å². The highest BCUT2D eigenvalue weighted by Crippen LogP contribution is 2.37. The SMILES string of the molecule is CC1(C)CN(C(=O)c2ccc(-c3ccc4c(c3)OCCO4)s2)CCC1N. The number of thiophene rings is 1. The summed E-state index contributed by atoms with van der Waals surface area (Å²) in [5.41, 5.74) is 7.18. The summed E-state index contributed by atoms with van der Waals surface area (Å²) in [6.45, 7) is 6.83. The van der Waals surface area contributed by atoms with Gasteiger partial charge in [-0.15, -0.1) is 11.3 Å². The average molecular weight is 372 g/mol. The number of nitrogens with zero attached hydrogens (tertiary/aromatic N) is 1. The van der Waals surface area contributed by atoms with Gasteiger partial charge in [0.15, 0.2) is 11.5 Å². The van der Waals surface area contributed by atoms with E-state index in [1.807, 2.05) is 35.2 Å². The van der Waals surface area contributed by atoms with Crippen LogP contribution in [0, 0.1) is 5.41 Å². The molecule has 2 aliphatic rings. The van der Waals surface area contributed by atoms with Crippen molar-refractivity contribution in [2.75, 3.05) is 26.3 Å². The van der Waals surface area contributed by atoms with Crippen LogP contribution in [0.5, 0.6) is 11.5 Å². The summed E-state index contributed by atoms with van der Waals surface area (Å²) < 4.78 is 11.2. The van der Waals surface area contributed by atoms with Gasteiger partial charge in [0.1, 0.15) is 13.2 Å². The molecule has 1 atom stereocenters. The van der Waals surface area contributed by atoms with E-state index in [0.29, 0.717) is 19.8 Å². The maximum atomic E-state index is 12.9. The second-order valence-corrected chi connectivity index (χ2v) is 8.72. The number of piperidine rings is 1. The smallest absolute Gasteiger partial charge is 0.263 e. The Labute approximate surface area is 157 Å². The summed E-state index contributed by atoms with van der Waals surface area (Å²) in [4.78, 5) is 16.7. The quantitative estimate of drug-likeness (QED) is 0.878. The molecule has 0 spiro atoms. The molecule has 2 aromatic rings. The van der Waals surface area contributed by atoms with E-state index in [-0.39, 0.29) is 17.4 Å². The lowest BCUT2D eigenvalue weighted by atomic mass is 9.79. The van der Waals surface area contributed by atoms with Gasteiger partial charge in [-0.1, -0.05) is 13.8 Å². The minimum absolute atomic E-state index is 0.0518. The van der Waals surface area contributed by atoms with E-state index < -0.39 is 0 Å². The molecule has 1 aromatic carbocycles. The molecule has 26 heavy (non-hydrogen) atoms. The second-order valence-electron chi connectivity index (χ2n) is 7.63. The zero-order valence-corrected chi connectivity index (χ0v) is 16.0. The van der Waals surface area contributed by atoms with Gasteiger partial charge in [-0.25, -0.2) is 0 Å². The predicted octanol–water partition coefficient (Wildman–Crippen LogP) is 3.39. The third-order valence-corrected chi connectivity index (χ3v) is 6.37. The molecule has 0 aliphatic carbocycles. The standard InChI is InChI=1S/C20H24N2O3S/c1-20(2)12-22(8-7-18(20)21)19(23)17-6-5-16(26-17)13-3-4-14-15(11-13)25-10-9-24-14/h3-6,11,18H,7-10,12,21H2,1-2H3. The van der Waals surface area contributed by atoms with Crippen molar-refractivity contribution in [2.24, 2.45) is 11.1 Å².